The number of anilines is 4. The van der Waals surface area contributed by atoms with Gasteiger partial charge < -0.3 is 26.2 Å². The van der Waals surface area contributed by atoms with E-state index in [1.807, 2.05) is 36.1 Å². The maximum atomic E-state index is 14.6. The number of hydrogen-bond donors (Lipinski definition) is 3. The van der Waals surface area contributed by atoms with Gasteiger partial charge in [-0.3, -0.25) is 9.59 Å². The summed E-state index contributed by atoms with van der Waals surface area (Å²) in [5, 5.41) is 6.46. The molecule has 8 nitrogen and oxygen atoms in total. The minimum Gasteiger partial charge on any atom is -0.375 e. The molecular formula is C28H30F2N6O2. The van der Waals surface area contributed by atoms with E-state index >= 15 is 0 Å². The van der Waals surface area contributed by atoms with Gasteiger partial charge in [0, 0.05) is 61.8 Å². The number of piperazine rings is 1. The molecule has 1 saturated heterocycles. The minimum atomic E-state index is -0.914. The van der Waals surface area contributed by atoms with E-state index in [0.717, 1.165) is 30.5 Å². The van der Waals surface area contributed by atoms with Crippen LogP contribution in [0.15, 0.2) is 54.7 Å². The number of hydrogen-bond acceptors (Lipinski definition) is 6. The summed E-state index contributed by atoms with van der Waals surface area (Å²) in [7, 11) is 0. The summed E-state index contributed by atoms with van der Waals surface area (Å²) >= 11 is 0. The zero-order valence-corrected chi connectivity index (χ0v) is 21.1. The fourth-order valence-electron chi connectivity index (χ4n) is 4.88. The smallest absolute Gasteiger partial charge is 0.252 e. The number of halogens is 2. The molecule has 10 heteroatoms. The fraction of sp³-hybridized carbons (Fsp3) is 0.321. The molecule has 38 heavy (non-hydrogen) atoms. The van der Waals surface area contributed by atoms with Crippen LogP contribution in [0, 0.1) is 11.6 Å². The summed E-state index contributed by atoms with van der Waals surface area (Å²) in [5.74, 6) is -1.84. The summed E-state index contributed by atoms with van der Waals surface area (Å²) in [6.45, 7) is 4.85. The van der Waals surface area contributed by atoms with Gasteiger partial charge in [-0.05, 0) is 43.2 Å². The fourth-order valence-corrected chi connectivity index (χ4v) is 4.88. The Morgan fingerprint density at radius 3 is 2.39 bits per heavy atom. The molecule has 0 bridgehead atoms. The van der Waals surface area contributed by atoms with Gasteiger partial charge in [-0.25, -0.2) is 13.8 Å². The minimum absolute atomic E-state index is 0.162. The Morgan fingerprint density at radius 2 is 1.76 bits per heavy atom. The number of carbonyl (C=O) groups is 2. The van der Waals surface area contributed by atoms with Crippen molar-refractivity contribution in [2.45, 2.75) is 31.7 Å². The van der Waals surface area contributed by atoms with Gasteiger partial charge in [-0.15, -0.1) is 0 Å². The first-order valence-corrected chi connectivity index (χ1v) is 12.7. The molecule has 2 fully saturated rings. The van der Waals surface area contributed by atoms with Crippen molar-refractivity contribution in [3.8, 4) is 0 Å². The van der Waals surface area contributed by atoms with Gasteiger partial charge in [0.05, 0.1) is 16.8 Å². The van der Waals surface area contributed by atoms with Crippen molar-refractivity contribution in [2.75, 3.05) is 41.7 Å². The second-order valence-corrected chi connectivity index (χ2v) is 9.68. The molecule has 2 amide bonds. The SMILES string of the molecule is CCC(=O)N1CCN(c2ccc(Nc3cc(NC4(c5cccc(F)c5F)CC4)c(C(N)=O)cn3)cc2)CC1. The molecule has 0 unspecified atom stereocenters. The Kier molecular flexibility index (Phi) is 6.88. The molecule has 0 spiro atoms. The number of benzene rings is 2. The number of carbonyl (C=O) groups excluding carboxylic acids is 2. The molecule has 1 aliphatic carbocycles. The van der Waals surface area contributed by atoms with Crippen molar-refractivity contribution in [1.82, 2.24) is 9.88 Å². The van der Waals surface area contributed by atoms with Crippen molar-refractivity contribution >= 4 is 34.7 Å². The Labute approximate surface area is 219 Å². The van der Waals surface area contributed by atoms with Gasteiger partial charge in [0.25, 0.3) is 5.91 Å². The Balaban J connectivity index is 1.31. The van der Waals surface area contributed by atoms with Gasteiger partial charge >= 0.3 is 0 Å². The first-order chi connectivity index (χ1) is 18.3. The molecule has 4 N–H and O–H groups in total. The van der Waals surface area contributed by atoms with Crippen LogP contribution in [0.2, 0.25) is 0 Å². The topological polar surface area (TPSA) is 104 Å². The monoisotopic (exact) mass is 520 g/mol. The lowest BCUT2D eigenvalue weighted by Crippen LogP contribution is -2.48. The molecular weight excluding hydrogens is 490 g/mol. The van der Waals surface area contributed by atoms with E-state index in [1.165, 1.54) is 12.3 Å². The standard InChI is InChI=1S/C28H30F2N6O2/c1-2-25(37)36-14-12-35(13-15-36)19-8-6-18(7-9-19)33-24-16-23(20(17-32-24)27(31)38)34-28(10-11-28)21-4-3-5-22(29)26(21)30/h3-9,16-17H,2,10-15H2,1H3,(H2,31,38)(H2,32,33,34). The van der Waals surface area contributed by atoms with E-state index in [0.29, 0.717) is 43.9 Å². The quantitative estimate of drug-likeness (QED) is 0.408. The molecule has 0 atom stereocenters. The Bertz CT molecular complexity index is 1350. The van der Waals surface area contributed by atoms with E-state index in [4.69, 9.17) is 5.73 Å². The highest BCUT2D eigenvalue weighted by Gasteiger charge is 2.47. The predicted molar refractivity (Wildman–Crippen MR) is 142 cm³/mol. The van der Waals surface area contributed by atoms with Gasteiger partial charge in [0.15, 0.2) is 11.6 Å². The van der Waals surface area contributed by atoms with Gasteiger partial charge in [-0.2, -0.15) is 0 Å². The average molecular weight is 521 g/mol. The van der Waals surface area contributed by atoms with Gasteiger partial charge in [0.1, 0.15) is 5.82 Å². The van der Waals surface area contributed by atoms with Crippen LogP contribution in [-0.2, 0) is 10.3 Å². The molecule has 2 heterocycles. The van der Waals surface area contributed by atoms with Crippen molar-refractivity contribution in [3.63, 3.8) is 0 Å². The van der Waals surface area contributed by atoms with Crippen molar-refractivity contribution < 1.29 is 18.4 Å². The molecule has 1 aliphatic heterocycles. The number of nitrogens with one attached hydrogen (secondary N) is 2. The van der Waals surface area contributed by atoms with Gasteiger partial charge in [-0.1, -0.05) is 19.1 Å². The number of pyridine rings is 1. The molecule has 1 saturated carbocycles. The van der Waals surface area contributed by atoms with E-state index in [2.05, 4.69) is 20.5 Å². The van der Waals surface area contributed by atoms with Crippen molar-refractivity contribution in [1.29, 1.82) is 0 Å². The third kappa shape index (κ3) is 5.11. The zero-order chi connectivity index (χ0) is 26.9. The number of nitrogens with two attached hydrogens (primary N) is 1. The third-order valence-electron chi connectivity index (χ3n) is 7.20. The van der Waals surface area contributed by atoms with Crippen molar-refractivity contribution in [2.24, 2.45) is 5.73 Å². The molecule has 2 aromatic carbocycles. The number of primary amides is 1. The summed E-state index contributed by atoms with van der Waals surface area (Å²) in [5.41, 5.74) is 7.38. The predicted octanol–water partition coefficient (Wildman–Crippen LogP) is 4.36. The third-order valence-corrected chi connectivity index (χ3v) is 7.20. The van der Waals surface area contributed by atoms with Crippen LogP contribution in [0.3, 0.4) is 0 Å². The highest BCUT2D eigenvalue weighted by Crippen LogP contribution is 2.50. The van der Waals surface area contributed by atoms with E-state index in [-0.39, 0.29) is 17.0 Å². The van der Waals surface area contributed by atoms with Crippen molar-refractivity contribution in [3.05, 3.63) is 77.5 Å². The van der Waals surface area contributed by atoms with E-state index in [1.54, 1.807) is 12.1 Å². The van der Waals surface area contributed by atoms with Crippen LogP contribution < -0.4 is 21.3 Å². The largest absolute Gasteiger partial charge is 0.375 e. The second kappa shape index (κ2) is 10.3. The van der Waals surface area contributed by atoms with Crippen LogP contribution in [-0.4, -0.2) is 47.9 Å². The number of amides is 2. The lowest BCUT2D eigenvalue weighted by atomic mass is 10.0. The van der Waals surface area contributed by atoms with Gasteiger partial charge in [0.2, 0.25) is 5.91 Å². The number of nitrogens with zero attached hydrogens (tertiary/aromatic N) is 3. The zero-order valence-electron chi connectivity index (χ0n) is 21.1. The lowest BCUT2D eigenvalue weighted by molar-refractivity contribution is -0.131. The van der Waals surface area contributed by atoms with E-state index < -0.39 is 23.1 Å². The maximum Gasteiger partial charge on any atom is 0.252 e. The highest BCUT2D eigenvalue weighted by atomic mass is 19.2. The van der Waals surface area contributed by atoms with Crippen LogP contribution in [0.1, 0.15) is 42.1 Å². The van der Waals surface area contributed by atoms with Crippen LogP contribution in [0.4, 0.5) is 31.7 Å². The molecule has 1 aromatic heterocycles. The lowest BCUT2D eigenvalue weighted by Gasteiger charge is -2.36. The highest BCUT2D eigenvalue weighted by molar-refractivity contribution is 5.99. The van der Waals surface area contributed by atoms with Crippen LogP contribution in [0.5, 0.6) is 0 Å². The Hall–Kier alpha value is -4.21. The molecule has 3 aromatic rings. The summed E-state index contributed by atoms with van der Waals surface area (Å²) in [6.07, 6.45) is 3.06. The second-order valence-electron chi connectivity index (χ2n) is 9.68. The Morgan fingerprint density at radius 1 is 1.05 bits per heavy atom. The van der Waals surface area contributed by atoms with Crippen LogP contribution >= 0.6 is 0 Å². The number of rotatable bonds is 8. The molecule has 198 valence electrons. The summed E-state index contributed by atoms with van der Waals surface area (Å²) < 4.78 is 28.4. The van der Waals surface area contributed by atoms with Crippen LogP contribution in [0.25, 0.3) is 0 Å². The summed E-state index contributed by atoms with van der Waals surface area (Å²) in [4.78, 5) is 32.5. The first-order valence-electron chi connectivity index (χ1n) is 12.7. The first kappa shape index (κ1) is 25.4. The number of aromatic nitrogens is 1. The molecule has 5 rings (SSSR count). The molecule has 0 radical (unpaired) electrons. The molecule has 2 aliphatic rings. The average Bonchev–Trinajstić information content (AvgIpc) is 3.70. The van der Waals surface area contributed by atoms with E-state index in [9.17, 15) is 18.4 Å². The maximum absolute atomic E-state index is 14.6. The summed E-state index contributed by atoms with van der Waals surface area (Å²) in [6, 6.07) is 13.6. The normalized spacial score (nSPS) is 16.2.